The second-order valence-corrected chi connectivity index (χ2v) is 7.76. The summed E-state index contributed by atoms with van der Waals surface area (Å²) in [5.41, 5.74) is 7.15. The summed E-state index contributed by atoms with van der Waals surface area (Å²) < 4.78 is 0. The van der Waals surface area contributed by atoms with Gasteiger partial charge in [0.05, 0.1) is 11.0 Å². The number of amides is 2. The van der Waals surface area contributed by atoms with Gasteiger partial charge in [-0.1, -0.05) is 36.4 Å². The van der Waals surface area contributed by atoms with Crippen LogP contribution in [-0.4, -0.2) is 31.8 Å². The average Bonchev–Trinajstić information content (AvgIpc) is 2.93. The summed E-state index contributed by atoms with van der Waals surface area (Å²) in [6.07, 6.45) is 6.60. The molecule has 6 N–H and O–H groups in total. The molecule has 176 valence electrons. The molecule has 2 aromatic carbocycles. The van der Waals surface area contributed by atoms with E-state index in [4.69, 9.17) is 11.7 Å². The molecule has 0 saturated heterocycles. The van der Waals surface area contributed by atoms with Gasteiger partial charge in [-0.2, -0.15) is 0 Å². The fourth-order valence-corrected chi connectivity index (χ4v) is 3.95. The number of fused-ring (bicyclic) bond motifs is 2. The van der Waals surface area contributed by atoms with Crippen molar-refractivity contribution in [2.45, 2.75) is 0 Å². The minimum atomic E-state index is -0.692. The lowest BCUT2D eigenvalue weighted by Gasteiger charge is -2.08. The van der Waals surface area contributed by atoms with Crippen LogP contribution in [0.15, 0.2) is 73.1 Å². The summed E-state index contributed by atoms with van der Waals surface area (Å²) in [6.45, 7) is 0. The number of hydrazine groups is 2. The summed E-state index contributed by atoms with van der Waals surface area (Å²) in [5.74, 6) is 9.55. The number of hydrogen-bond acceptors (Lipinski definition) is 8. The van der Waals surface area contributed by atoms with Gasteiger partial charge < -0.3 is 0 Å². The van der Waals surface area contributed by atoms with Gasteiger partial charge in [0.25, 0.3) is 11.8 Å². The fraction of sp³-hybridized carbons (Fsp3) is 0. The van der Waals surface area contributed by atoms with Crippen molar-refractivity contribution in [3.05, 3.63) is 106 Å². The lowest BCUT2D eigenvalue weighted by atomic mass is 10.1. The van der Waals surface area contributed by atoms with Gasteiger partial charge >= 0.3 is 0 Å². The van der Waals surface area contributed by atoms with Crippen molar-refractivity contribution in [3.8, 4) is 0 Å². The first-order valence-corrected chi connectivity index (χ1v) is 10.9. The Morgan fingerprint density at radius 1 is 0.667 bits per heavy atom. The van der Waals surface area contributed by atoms with Crippen LogP contribution in [0.1, 0.15) is 32.1 Å². The Bertz CT molecular complexity index is 1710. The Balaban J connectivity index is 1.83. The lowest BCUT2D eigenvalue weighted by molar-refractivity contribution is 0.0944. The zero-order valence-electron chi connectivity index (χ0n) is 18.8. The third kappa shape index (κ3) is 4.25. The molecule has 0 aliphatic carbocycles. The summed E-state index contributed by atoms with van der Waals surface area (Å²) in [7, 11) is 0. The molecule has 3 heterocycles. The van der Waals surface area contributed by atoms with Crippen LogP contribution >= 0.6 is 0 Å². The number of nitrogens with zero attached hydrogens (tertiary/aromatic N) is 4. The molecule has 0 aliphatic heterocycles. The highest BCUT2D eigenvalue weighted by Gasteiger charge is 2.18. The van der Waals surface area contributed by atoms with Crippen LogP contribution in [0.25, 0.3) is 34.0 Å². The topological polar surface area (TPSA) is 162 Å². The fourth-order valence-electron chi connectivity index (χ4n) is 3.95. The van der Waals surface area contributed by atoms with Gasteiger partial charge in [-0.3, -0.25) is 30.4 Å². The molecule has 0 fully saturated rings. The molecule has 2 amide bonds. The molecule has 0 unspecified atom stereocenters. The van der Waals surface area contributed by atoms with Gasteiger partial charge in [0.2, 0.25) is 0 Å². The number of para-hydroxylation sites is 2. The first-order chi connectivity index (χ1) is 17.6. The molecular formula is C26H20N8O2. The zero-order chi connectivity index (χ0) is 25.1. The van der Waals surface area contributed by atoms with Crippen LogP contribution in [0, 0.1) is 0 Å². The monoisotopic (exact) mass is 476 g/mol. The van der Waals surface area contributed by atoms with E-state index in [1.165, 1.54) is 0 Å². The van der Waals surface area contributed by atoms with E-state index in [0.717, 1.165) is 27.4 Å². The van der Waals surface area contributed by atoms with Crippen molar-refractivity contribution in [2.24, 2.45) is 11.7 Å². The number of carbonyl (C=O) groups is 2. The smallest absolute Gasteiger partial charge is 0.284 e. The average molecular weight is 477 g/mol. The summed E-state index contributed by atoms with van der Waals surface area (Å²) in [4.78, 5) is 43.3. The molecule has 0 saturated carbocycles. The van der Waals surface area contributed by atoms with Gasteiger partial charge in [-0.05, 0) is 47.5 Å². The van der Waals surface area contributed by atoms with Crippen LogP contribution in [0.4, 0.5) is 0 Å². The van der Waals surface area contributed by atoms with Crippen molar-refractivity contribution in [1.29, 1.82) is 0 Å². The maximum atomic E-state index is 12.8. The van der Waals surface area contributed by atoms with E-state index in [-0.39, 0.29) is 22.1 Å². The Hall–Kier alpha value is -5.06. The molecular weight excluding hydrogens is 456 g/mol. The quantitative estimate of drug-likeness (QED) is 0.165. The second-order valence-electron chi connectivity index (χ2n) is 7.76. The third-order valence-corrected chi connectivity index (χ3v) is 5.61. The molecule has 0 radical (unpaired) electrons. The number of benzene rings is 2. The van der Waals surface area contributed by atoms with Crippen molar-refractivity contribution in [2.75, 3.05) is 0 Å². The van der Waals surface area contributed by atoms with E-state index in [1.807, 2.05) is 48.5 Å². The van der Waals surface area contributed by atoms with Gasteiger partial charge in [-0.15, -0.1) is 0 Å². The lowest BCUT2D eigenvalue weighted by Crippen LogP contribution is -2.43. The van der Waals surface area contributed by atoms with Crippen LogP contribution < -0.4 is 33.2 Å². The number of pyridine rings is 2. The van der Waals surface area contributed by atoms with E-state index in [0.29, 0.717) is 5.56 Å². The molecule has 0 atom stereocenters. The second kappa shape index (κ2) is 9.66. The van der Waals surface area contributed by atoms with Crippen molar-refractivity contribution >= 4 is 45.8 Å². The number of hydrogen-bond donors (Lipinski definition) is 4. The molecule has 0 spiro atoms. The Morgan fingerprint density at radius 3 is 1.64 bits per heavy atom. The van der Waals surface area contributed by atoms with Crippen LogP contribution in [0.3, 0.4) is 0 Å². The number of nitrogens with one attached hydrogen (secondary N) is 2. The van der Waals surface area contributed by atoms with Crippen LogP contribution in [-0.2, 0) is 0 Å². The first-order valence-electron chi connectivity index (χ1n) is 10.9. The molecule has 5 rings (SSSR count). The summed E-state index contributed by atoms with van der Waals surface area (Å²) >= 11 is 0. The Labute approximate surface area is 204 Å². The molecule has 0 bridgehead atoms. The van der Waals surface area contributed by atoms with Crippen molar-refractivity contribution < 1.29 is 9.59 Å². The normalized spacial score (nSPS) is 10.7. The maximum absolute atomic E-state index is 12.8. The van der Waals surface area contributed by atoms with E-state index in [1.54, 1.807) is 36.7 Å². The first kappa shape index (κ1) is 22.7. The minimum Gasteiger partial charge on any atom is -0.289 e. The highest BCUT2D eigenvalue weighted by molar-refractivity contribution is 5.99. The highest BCUT2D eigenvalue weighted by atomic mass is 16.2. The predicted octanol–water partition coefficient (Wildman–Crippen LogP) is 0.438. The number of aromatic nitrogens is 4. The largest absolute Gasteiger partial charge is 0.289 e. The number of nitrogens with two attached hydrogens (primary N) is 2. The molecule has 0 aliphatic rings. The minimum absolute atomic E-state index is 0.0865. The third-order valence-electron chi connectivity index (χ3n) is 5.61. The number of rotatable bonds is 4. The zero-order valence-corrected chi connectivity index (χ0v) is 18.8. The maximum Gasteiger partial charge on any atom is 0.284 e. The number of carbonyl (C=O) groups excluding carboxylic acids is 2. The Kier molecular flexibility index (Phi) is 6.10. The van der Waals surface area contributed by atoms with Gasteiger partial charge in [-0.25, -0.2) is 21.7 Å². The van der Waals surface area contributed by atoms with Crippen LogP contribution in [0.2, 0.25) is 0 Å². The Morgan fingerprint density at radius 2 is 1.14 bits per heavy atom. The van der Waals surface area contributed by atoms with Gasteiger partial charge in [0.15, 0.2) is 5.48 Å². The van der Waals surface area contributed by atoms with Crippen molar-refractivity contribution in [1.82, 2.24) is 30.8 Å². The summed E-state index contributed by atoms with van der Waals surface area (Å²) in [5, 5.41) is 1.84. The number of nitrogen functional groups attached to an aromatic ring is 2. The van der Waals surface area contributed by atoms with E-state index < -0.39 is 11.8 Å². The standard InChI is InChI=1S/C26H20N8O2/c27-33-25(35)23-19(13-15-9-11-29-20-7-3-1-5-17(15)20)24(26(36)34-28)32-22(31-23)14-16-10-12-30-21-8-4-2-6-18(16)21/h1-14H,27-28H2,(H,33,35)(H,34,36). The van der Waals surface area contributed by atoms with E-state index in [9.17, 15) is 9.59 Å². The summed E-state index contributed by atoms with van der Waals surface area (Å²) in [6, 6.07) is 18.6. The molecule has 5 aromatic rings. The molecule has 10 heteroatoms. The van der Waals surface area contributed by atoms with Gasteiger partial charge in [0.1, 0.15) is 11.4 Å². The molecule has 3 aromatic heterocycles. The SMILES string of the molecule is NNC(=O)c1nc(=Cc2ccnc3ccccc23)nc(C(=O)NN)c1=Cc1ccnc2ccccc12. The molecule has 36 heavy (non-hydrogen) atoms. The van der Waals surface area contributed by atoms with E-state index >= 15 is 0 Å². The molecule has 10 nitrogen and oxygen atoms in total. The van der Waals surface area contributed by atoms with E-state index in [2.05, 4.69) is 30.8 Å². The predicted molar refractivity (Wildman–Crippen MR) is 135 cm³/mol. The van der Waals surface area contributed by atoms with Crippen molar-refractivity contribution in [3.63, 3.8) is 0 Å². The van der Waals surface area contributed by atoms with Gasteiger partial charge in [0, 0.05) is 28.4 Å². The van der Waals surface area contributed by atoms with Crippen LogP contribution in [0.5, 0.6) is 0 Å². The highest BCUT2D eigenvalue weighted by Crippen LogP contribution is 2.17.